The van der Waals surface area contributed by atoms with Crippen molar-refractivity contribution in [2.24, 2.45) is 0 Å². The van der Waals surface area contributed by atoms with Crippen LogP contribution < -0.4 is 0 Å². The third-order valence-corrected chi connectivity index (χ3v) is 8.37. The van der Waals surface area contributed by atoms with E-state index in [1.165, 1.54) is 41.5 Å². The largest absolute Gasteiger partial charge is 0.294 e. The molecule has 34 heavy (non-hydrogen) atoms. The lowest BCUT2D eigenvalue weighted by Gasteiger charge is -2.16. The fourth-order valence-corrected chi connectivity index (χ4v) is 6.26. The molecule has 3 aromatic carbocycles. The topological polar surface area (TPSA) is 98.3 Å². The molecule has 0 fully saturated rings. The van der Waals surface area contributed by atoms with Crippen LogP contribution in [0, 0.1) is 10.1 Å². The standard InChI is InChI=1S/C23H18Cl2N4O4S/c24-17-11-19-21(12-18(17)25)28(34(32,33)22-8-4-3-7-20(22)29(30)31)23(26-19)9-10-27-13-15-5-1-2-6-16(15)14-27/h1-8,11-12H,9-10,13-14H2. The molecule has 0 spiro atoms. The Labute approximate surface area is 205 Å². The molecule has 1 aromatic heterocycles. The summed E-state index contributed by atoms with van der Waals surface area (Å²) in [5.41, 5.74) is 2.53. The first kappa shape index (κ1) is 22.8. The van der Waals surface area contributed by atoms with Crippen LogP contribution in [0.2, 0.25) is 10.0 Å². The summed E-state index contributed by atoms with van der Waals surface area (Å²) in [5, 5.41) is 12.0. The van der Waals surface area contributed by atoms with Crippen molar-refractivity contribution in [2.45, 2.75) is 24.4 Å². The van der Waals surface area contributed by atoms with Gasteiger partial charge in [-0.1, -0.05) is 59.6 Å². The van der Waals surface area contributed by atoms with E-state index in [4.69, 9.17) is 23.2 Å². The van der Waals surface area contributed by atoms with Crippen LogP contribution >= 0.6 is 23.2 Å². The predicted molar refractivity (Wildman–Crippen MR) is 130 cm³/mol. The lowest BCUT2D eigenvalue weighted by Crippen LogP contribution is -2.23. The van der Waals surface area contributed by atoms with E-state index in [-0.39, 0.29) is 21.4 Å². The predicted octanol–water partition coefficient (Wildman–Crippen LogP) is 5.05. The monoisotopic (exact) mass is 516 g/mol. The van der Waals surface area contributed by atoms with Gasteiger partial charge in [0.15, 0.2) is 4.90 Å². The zero-order chi connectivity index (χ0) is 24.0. The highest BCUT2D eigenvalue weighted by atomic mass is 35.5. The molecular weight excluding hydrogens is 499 g/mol. The van der Waals surface area contributed by atoms with E-state index in [9.17, 15) is 18.5 Å². The summed E-state index contributed by atoms with van der Waals surface area (Å²) >= 11 is 12.3. The quantitative estimate of drug-likeness (QED) is 0.262. The van der Waals surface area contributed by atoms with Gasteiger partial charge in [0.1, 0.15) is 5.82 Å². The van der Waals surface area contributed by atoms with E-state index in [0.717, 1.165) is 23.1 Å². The number of hydrogen-bond donors (Lipinski definition) is 0. The Morgan fingerprint density at radius 2 is 1.59 bits per heavy atom. The average Bonchev–Trinajstić information content (AvgIpc) is 3.38. The molecule has 0 bridgehead atoms. The highest BCUT2D eigenvalue weighted by Gasteiger charge is 2.31. The van der Waals surface area contributed by atoms with Crippen molar-refractivity contribution in [1.29, 1.82) is 0 Å². The molecule has 0 saturated heterocycles. The SMILES string of the molecule is O=[N+]([O-])c1ccccc1S(=O)(=O)n1c(CCN2Cc3ccccc3C2)nc2cc(Cl)c(Cl)cc21. The minimum Gasteiger partial charge on any atom is -0.294 e. The summed E-state index contributed by atoms with van der Waals surface area (Å²) in [6.07, 6.45) is 0.303. The molecule has 0 radical (unpaired) electrons. The van der Waals surface area contributed by atoms with Gasteiger partial charge in [-0.3, -0.25) is 15.0 Å². The first-order chi connectivity index (χ1) is 16.3. The number of nitro benzene ring substituents is 1. The van der Waals surface area contributed by atoms with Crippen LogP contribution in [0.25, 0.3) is 11.0 Å². The molecule has 8 nitrogen and oxygen atoms in total. The molecule has 174 valence electrons. The Bertz CT molecular complexity index is 1530. The van der Waals surface area contributed by atoms with E-state index in [1.54, 1.807) is 0 Å². The zero-order valence-corrected chi connectivity index (χ0v) is 20.0. The second-order valence-corrected chi connectivity index (χ2v) is 10.6. The molecule has 0 N–H and O–H groups in total. The summed E-state index contributed by atoms with van der Waals surface area (Å²) in [6, 6.07) is 16.3. The number of imidazole rings is 1. The van der Waals surface area contributed by atoms with Crippen LogP contribution in [0.5, 0.6) is 0 Å². The van der Waals surface area contributed by atoms with Crippen LogP contribution in [0.3, 0.4) is 0 Å². The van der Waals surface area contributed by atoms with Crippen LogP contribution in [0.1, 0.15) is 17.0 Å². The van der Waals surface area contributed by atoms with Gasteiger partial charge in [0.2, 0.25) is 0 Å². The van der Waals surface area contributed by atoms with Crippen LogP contribution in [0.4, 0.5) is 5.69 Å². The van der Waals surface area contributed by atoms with E-state index in [0.29, 0.717) is 18.5 Å². The molecule has 0 unspecified atom stereocenters. The molecule has 2 heterocycles. The van der Waals surface area contributed by atoms with Crippen molar-refractivity contribution < 1.29 is 13.3 Å². The highest BCUT2D eigenvalue weighted by molar-refractivity contribution is 7.90. The minimum absolute atomic E-state index is 0.162. The molecule has 4 aromatic rings. The molecule has 0 saturated carbocycles. The van der Waals surface area contributed by atoms with Crippen molar-refractivity contribution in [3.63, 3.8) is 0 Å². The molecule has 1 aliphatic heterocycles. The first-order valence-corrected chi connectivity index (χ1v) is 12.6. The van der Waals surface area contributed by atoms with Gasteiger partial charge in [-0.05, 0) is 29.3 Å². The summed E-state index contributed by atoms with van der Waals surface area (Å²) in [5.74, 6) is 0.252. The number of halogens is 2. The van der Waals surface area contributed by atoms with Crippen LogP contribution in [-0.2, 0) is 29.5 Å². The number of para-hydroxylation sites is 1. The molecule has 0 aliphatic carbocycles. The fraction of sp³-hybridized carbons (Fsp3) is 0.174. The first-order valence-electron chi connectivity index (χ1n) is 10.4. The Hall–Kier alpha value is -2.98. The van der Waals surface area contributed by atoms with E-state index < -0.39 is 25.5 Å². The summed E-state index contributed by atoms with van der Waals surface area (Å²) in [6.45, 7) is 2.06. The van der Waals surface area contributed by atoms with Gasteiger partial charge in [-0.2, -0.15) is 0 Å². The number of nitro groups is 1. The van der Waals surface area contributed by atoms with E-state index >= 15 is 0 Å². The number of benzene rings is 3. The van der Waals surface area contributed by atoms with Gasteiger partial charge in [0.05, 0.1) is 26.0 Å². The van der Waals surface area contributed by atoms with Gasteiger partial charge < -0.3 is 0 Å². The normalized spacial score (nSPS) is 13.9. The lowest BCUT2D eigenvalue weighted by molar-refractivity contribution is -0.387. The smallest absolute Gasteiger partial charge is 0.289 e. The van der Waals surface area contributed by atoms with Gasteiger partial charge in [0, 0.05) is 32.1 Å². The maximum Gasteiger partial charge on any atom is 0.289 e. The average molecular weight is 517 g/mol. The van der Waals surface area contributed by atoms with Gasteiger partial charge >= 0.3 is 0 Å². The third kappa shape index (κ3) is 3.94. The molecule has 11 heteroatoms. The maximum absolute atomic E-state index is 13.8. The van der Waals surface area contributed by atoms with E-state index in [1.807, 2.05) is 12.1 Å². The van der Waals surface area contributed by atoms with Crippen molar-refractivity contribution in [1.82, 2.24) is 13.9 Å². The molecule has 0 amide bonds. The third-order valence-electron chi connectivity index (χ3n) is 5.86. The second-order valence-electron chi connectivity index (χ2n) is 8.01. The molecule has 5 rings (SSSR count). The molecular formula is C23H18Cl2N4O4S. The van der Waals surface area contributed by atoms with Crippen molar-refractivity contribution in [3.8, 4) is 0 Å². The number of fused-ring (bicyclic) bond motifs is 2. The number of nitrogens with zero attached hydrogens (tertiary/aromatic N) is 4. The van der Waals surface area contributed by atoms with E-state index in [2.05, 4.69) is 22.0 Å². The highest BCUT2D eigenvalue weighted by Crippen LogP contribution is 2.33. The van der Waals surface area contributed by atoms with Crippen molar-refractivity contribution in [3.05, 3.63) is 97.8 Å². The lowest BCUT2D eigenvalue weighted by atomic mass is 10.1. The Morgan fingerprint density at radius 3 is 2.26 bits per heavy atom. The van der Waals surface area contributed by atoms with Gasteiger partial charge in [-0.25, -0.2) is 17.4 Å². The maximum atomic E-state index is 13.8. The molecule has 0 atom stereocenters. The number of aromatic nitrogens is 2. The van der Waals surface area contributed by atoms with Crippen LogP contribution in [-0.4, -0.2) is 33.7 Å². The zero-order valence-electron chi connectivity index (χ0n) is 17.7. The van der Waals surface area contributed by atoms with Gasteiger partial charge in [-0.15, -0.1) is 0 Å². The molecule has 1 aliphatic rings. The minimum atomic E-state index is -4.37. The second kappa shape index (κ2) is 8.66. The van der Waals surface area contributed by atoms with Gasteiger partial charge in [0.25, 0.3) is 15.7 Å². The summed E-state index contributed by atoms with van der Waals surface area (Å²) in [4.78, 5) is 17.2. The summed E-state index contributed by atoms with van der Waals surface area (Å²) < 4.78 is 28.6. The Morgan fingerprint density at radius 1 is 0.971 bits per heavy atom. The number of rotatable bonds is 6. The van der Waals surface area contributed by atoms with Crippen molar-refractivity contribution >= 4 is 49.9 Å². The Balaban J connectivity index is 1.59. The fourth-order valence-electron chi connectivity index (χ4n) is 4.27. The van der Waals surface area contributed by atoms with Crippen molar-refractivity contribution in [2.75, 3.05) is 6.54 Å². The Kier molecular flexibility index (Phi) is 5.81. The number of hydrogen-bond acceptors (Lipinski definition) is 6. The van der Waals surface area contributed by atoms with Crippen LogP contribution in [0.15, 0.2) is 65.6 Å². The summed E-state index contributed by atoms with van der Waals surface area (Å²) in [7, 11) is -4.37.